The molecule has 3 amide bonds. The minimum atomic E-state index is -1.18. The maximum Gasteiger partial charge on any atom is 0.346 e. The molecule has 1 heterocycles. The number of carbonyl (C=O) groups is 2. The molecule has 1 atom stereocenters. The Morgan fingerprint density at radius 1 is 1.00 bits per heavy atom. The number of phenolic OH excluding ortho intramolecular Hbond substituents is 1. The number of hydrogen-bond acceptors (Lipinski definition) is 4. The molecule has 1 fully saturated rings. The number of nitrogens with one attached hydrogen (secondary N) is 1. The van der Waals surface area contributed by atoms with Crippen LogP contribution in [0.25, 0.3) is 10.8 Å². The highest BCUT2D eigenvalue weighted by atomic mass is 16.3. The van der Waals surface area contributed by atoms with Gasteiger partial charge in [0, 0.05) is 5.56 Å². The summed E-state index contributed by atoms with van der Waals surface area (Å²) in [4.78, 5) is 25.2. The van der Waals surface area contributed by atoms with Crippen LogP contribution in [0.2, 0.25) is 0 Å². The Bertz CT molecular complexity index is 1080. The number of urea groups is 1. The molecule has 1 saturated heterocycles. The molecule has 3 aromatic rings. The van der Waals surface area contributed by atoms with Crippen LogP contribution in [0.5, 0.6) is 5.75 Å². The first-order chi connectivity index (χ1) is 13.0. The third-order valence-corrected chi connectivity index (χ3v) is 4.77. The van der Waals surface area contributed by atoms with Gasteiger partial charge in [-0.1, -0.05) is 60.7 Å². The van der Waals surface area contributed by atoms with E-state index in [1.54, 1.807) is 43.3 Å². The number of hydrazone groups is 1. The first-order valence-electron chi connectivity index (χ1n) is 8.47. The molecular weight excluding hydrogens is 342 g/mol. The normalized spacial score (nSPS) is 19.8. The van der Waals surface area contributed by atoms with Gasteiger partial charge in [-0.2, -0.15) is 5.10 Å². The van der Waals surface area contributed by atoms with Gasteiger partial charge in [-0.15, -0.1) is 5.01 Å². The highest BCUT2D eigenvalue weighted by Gasteiger charge is 2.49. The van der Waals surface area contributed by atoms with Crippen LogP contribution in [-0.4, -0.2) is 28.3 Å². The highest BCUT2D eigenvalue weighted by Crippen LogP contribution is 2.30. The molecule has 0 unspecified atom stereocenters. The van der Waals surface area contributed by atoms with E-state index in [0.29, 0.717) is 11.1 Å². The van der Waals surface area contributed by atoms with Crippen LogP contribution in [0.15, 0.2) is 71.8 Å². The Morgan fingerprint density at radius 2 is 1.70 bits per heavy atom. The summed E-state index contributed by atoms with van der Waals surface area (Å²) in [7, 11) is 0. The monoisotopic (exact) mass is 359 g/mol. The van der Waals surface area contributed by atoms with Gasteiger partial charge in [0.2, 0.25) is 0 Å². The van der Waals surface area contributed by atoms with E-state index >= 15 is 0 Å². The topological polar surface area (TPSA) is 82.0 Å². The summed E-state index contributed by atoms with van der Waals surface area (Å²) < 4.78 is 0. The largest absolute Gasteiger partial charge is 0.507 e. The number of imide groups is 1. The van der Waals surface area contributed by atoms with Crippen LogP contribution in [0.4, 0.5) is 4.79 Å². The Labute approximate surface area is 155 Å². The van der Waals surface area contributed by atoms with E-state index in [0.717, 1.165) is 15.8 Å². The molecule has 6 heteroatoms. The number of amides is 3. The maximum atomic E-state index is 12.9. The van der Waals surface area contributed by atoms with Crippen molar-refractivity contribution in [3.05, 3.63) is 77.9 Å². The summed E-state index contributed by atoms with van der Waals surface area (Å²) in [5.41, 5.74) is -0.0627. The van der Waals surface area contributed by atoms with Gasteiger partial charge in [0.25, 0.3) is 5.91 Å². The van der Waals surface area contributed by atoms with Gasteiger partial charge in [0.05, 0.1) is 6.21 Å². The molecule has 4 rings (SSSR count). The second-order valence-electron chi connectivity index (χ2n) is 6.50. The maximum absolute atomic E-state index is 12.9. The van der Waals surface area contributed by atoms with Gasteiger partial charge in [-0.25, -0.2) is 4.79 Å². The molecule has 0 saturated carbocycles. The number of phenols is 1. The highest BCUT2D eigenvalue weighted by molar-refractivity contribution is 6.08. The van der Waals surface area contributed by atoms with Gasteiger partial charge in [-0.3, -0.25) is 4.79 Å². The lowest BCUT2D eigenvalue weighted by Gasteiger charge is -2.20. The molecule has 134 valence electrons. The van der Waals surface area contributed by atoms with Gasteiger partial charge in [0.1, 0.15) is 11.3 Å². The third kappa shape index (κ3) is 2.71. The van der Waals surface area contributed by atoms with E-state index in [-0.39, 0.29) is 5.75 Å². The van der Waals surface area contributed by atoms with E-state index in [9.17, 15) is 14.7 Å². The molecule has 2 N–H and O–H groups in total. The van der Waals surface area contributed by atoms with Gasteiger partial charge < -0.3 is 10.4 Å². The minimum absolute atomic E-state index is 0.0234. The number of rotatable bonds is 3. The molecule has 0 bridgehead atoms. The second-order valence-corrected chi connectivity index (χ2v) is 6.50. The SMILES string of the molecule is C[C@]1(c2ccccc2)NC(=O)N(/N=C/c2c(O)ccc3ccccc23)C1=O. The lowest BCUT2D eigenvalue weighted by atomic mass is 9.92. The lowest BCUT2D eigenvalue weighted by molar-refractivity contribution is -0.131. The number of fused-ring (bicyclic) bond motifs is 1. The fourth-order valence-corrected chi connectivity index (χ4v) is 3.23. The Morgan fingerprint density at radius 3 is 2.48 bits per heavy atom. The number of hydrogen-bond donors (Lipinski definition) is 2. The van der Waals surface area contributed by atoms with Gasteiger partial charge in [0.15, 0.2) is 0 Å². The summed E-state index contributed by atoms with van der Waals surface area (Å²) in [5.74, 6) is -0.454. The van der Waals surface area contributed by atoms with E-state index in [1.165, 1.54) is 6.21 Å². The number of carbonyl (C=O) groups excluding carboxylic acids is 2. The molecular formula is C21H17N3O3. The standard InChI is InChI=1S/C21H17N3O3/c1-21(15-8-3-2-4-9-15)19(26)24(20(27)23-21)22-13-17-16-10-6-5-7-14(16)11-12-18(17)25/h2-13,25H,1H3,(H,23,27)/b22-13+/t21-/m1/s1. The van der Waals surface area contributed by atoms with Crippen molar-refractivity contribution in [2.45, 2.75) is 12.5 Å². The first kappa shape index (κ1) is 16.8. The van der Waals surface area contributed by atoms with Crippen molar-refractivity contribution < 1.29 is 14.7 Å². The van der Waals surface area contributed by atoms with Crippen LogP contribution < -0.4 is 5.32 Å². The quantitative estimate of drug-likeness (QED) is 0.556. The van der Waals surface area contributed by atoms with Crippen LogP contribution in [0.1, 0.15) is 18.1 Å². The van der Waals surface area contributed by atoms with E-state index < -0.39 is 17.5 Å². The van der Waals surface area contributed by atoms with Crippen LogP contribution in [0.3, 0.4) is 0 Å². The average Bonchev–Trinajstić information content (AvgIpc) is 2.91. The third-order valence-electron chi connectivity index (χ3n) is 4.77. The van der Waals surface area contributed by atoms with E-state index in [1.807, 2.05) is 30.3 Å². The second kappa shape index (κ2) is 6.25. The van der Waals surface area contributed by atoms with Crippen LogP contribution in [0, 0.1) is 0 Å². The predicted octanol–water partition coefficient (Wildman–Crippen LogP) is 3.35. The molecule has 0 radical (unpaired) electrons. The number of benzene rings is 3. The number of nitrogens with zero attached hydrogens (tertiary/aromatic N) is 2. The number of aromatic hydroxyl groups is 1. The lowest BCUT2D eigenvalue weighted by Crippen LogP contribution is -2.40. The van der Waals surface area contributed by atoms with Crippen LogP contribution >= 0.6 is 0 Å². The summed E-state index contributed by atoms with van der Waals surface area (Å²) in [6, 6.07) is 19.2. The molecule has 6 nitrogen and oxygen atoms in total. The van der Waals surface area contributed by atoms with Crippen molar-refractivity contribution in [3.8, 4) is 5.75 Å². The summed E-state index contributed by atoms with van der Waals surface area (Å²) in [6.07, 6.45) is 1.34. The average molecular weight is 359 g/mol. The van der Waals surface area contributed by atoms with Crippen LogP contribution in [-0.2, 0) is 10.3 Å². The van der Waals surface area contributed by atoms with Gasteiger partial charge in [-0.05, 0) is 29.3 Å². The fraction of sp³-hybridized carbons (Fsp3) is 0.0952. The van der Waals surface area contributed by atoms with Crippen molar-refractivity contribution in [3.63, 3.8) is 0 Å². The van der Waals surface area contributed by atoms with Crippen molar-refractivity contribution in [2.75, 3.05) is 0 Å². The molecule has 0 aliphatic carbocycles. The van der Waals surface area contributed by atoms with Gasteiger partial charge >= 0.3 is 6.03 Å². The Hall–Kier alpha value is -3.67. The summed E-state index contributed by atoms with van der Waals surface area (Å²) >= 11 is 0. The zero-order valence-electron chi connectivity index (χ0n) is 14.6. The zero-order valence-corrected chi connectivity index (χ0v) is 14.6. The zero-order chi connectivity index (χ0) is 19.0. The molecule has 27 heavy (non-hydrogen) atoms. The molecule has 0 aromatic heterocycles. The Kier molecular flexibility index (Phi) is 3.88. The van der Waals surface area contributed by atoms with Crippen molar-refractivity contribution in [2.24, 2.45) is 5.10 Å². The molecule has 0 spiro atoms. The summed E-state index contributed by atoms with van der Waals surface area (Å²) in [5, 5.41) is 19.5. The summed E-state index contributed by atoms with van der Waals surface area (Å²) in [6.45, 7) is 1.65. The Balaban J connectivity index is 1.71. The predicted molar refractivity (Wildman–Crippen MR) is 102 cm³/mol. The van der Waals surface area contributed by atoms with Crippen molar-refractivity contribution >= 4 is 28.9 Å². The molecule has 1 aliphatic rings. The van der Waals surface area contributed by atoms with Crippen molar-refractivity contribution in [1.82, 2.24) is 10.3 Å². The van der Waals surface area contributed by atoms with E-state index in [4.69, 9.17) is 0 Å². The fourth-order valence-electron chi connectivity index (χ4n) is 3.23. The smallest absolute Gasteiger partial charge is 0.346 e. The first-order valence-corrected chi connectivity index (χ1v) is 8.47. The molecule has 1 aliphatic heterocycles. The molecule has 3 aromatic carbocycles. The van der Waals surface area contributed by atoms with E-state index in [2.05, 4.69) is 10.4 Å². The minimum Gasteiger partial charge on any atom is -0.507 e. The van der Waals surface area contributed by atoms with Crippen molar-refractivity contribution in [1.29, 1.82) is 0 Å².